The number of nitrogens with one attached hydrogen (secondary N) is 1. The topological polar surface area (TPSA) is 47.0 Å². The van der Waals surface area contributed by atoms with Gasteiger partial charge in [-0.25, -0.2) is 9.97 Å². The molecule has 1 saturated heterocycles. The lowest BCUT2D eigenvalue weighted by Gasteiger charge is -2.10. The first-order valence-corrected chi connectivity index (χ1v) is 5.97. The monoisotopic (exact) mass is 271 g/mol. The van der Waals surface area contributed by atoms with Gasteiger partial charge in [0.2, 0.25) is 0 Å². The van der Waals surface area contributed by atoms with Crippen LogP contribution in [0.1, 0.15) is 19.3 Å². The SMILES string of the molecule is Brc1cc(NCCC2CCCO2)ncn1. The van der Waals surface area contributed by atoms with E-state index in [2.05, 4.69) is 31.2 Å². The van der Waals surface area contributed by atoms with Gasteiger partial charge in [0.05, 0.1) is 6.10 Å². The number of ether oxygens (including phenoxy) is 1. The van der Waals surface area contributed by atoms with E-state index in [9.17, 15) is 0 Å². The van der Waals surface area contributed by atoms with E-state index in [4.69, 9.17) is 4.74 Å². The maximum absolute atomic E-state index is 5.53. The molecule has 0 saturated carbocycles. The van der Waals surface area contributed by atoms with Crippen LogP contribution in [0.3, 0.4) is 0 Å². The summed E-state index contributed by atoms with van der Waals surface area (Å²) in [5.41, 5.74) is 0. The second kappa shape index (κ2) is 5.42. The van der Waals surface area contributed by atoms with Crippen LogP contribution < -0.4 is 5.32 Å². The first-order valence-electron chi connectivity index (χ1n) is 5.17. The molecule has 82 valence electrons. The Kier molecular flexibility index (Phi) is 3.91. The van der Waals surface area contributed by atoms with Gasteiger partial charge in [-0.3, -0.25) is 0 Å². The molecule has 1 aliphatic rings. The highest BCUT2D eigenvalue weighted by atomic mass is 79.9. The highest BCUT2D eigenvalue weighted by Gasteiger charge is 2.14. The van der Waals surface area contributed by atoms with Crippen molar-refractivity contribution in [2.24, 2.45) is 0 Å². The second-order valence-electron chi connectivity index (χ2n) is 3.58. The Hall–Kier alpha value is -0.680. The van der Waals surface area contributed by atoms with Crippen LogP contribution in [0.2, 0.25) is 0 Å². The zero-order valence-corrected chi connectivity index (χ0v) is 10.0. The lowest BCUT2D eigenvalue weighted by molar-refractivity contribution is 0.107. The minimum Gasteiger partial charge on any atom is -0.378 e. The smallest absolute Gasteiger partial charge is 0.130 e. The Bertz CT molecular complexity index is 315. The van der Waals surface area contributed by atoms with Crippen molar-refractivity contribution in [1.29, 1.82) is 0 Å². The number of hydrogen-bond donors (Lipinski definition) is 1. The van der Waals surface area contributed by atoms with E-state index < -0.39 is 0 Å². The minimum absolute atomic E-state index is 0.433. The number of hydrogen-bond acceptors (Lipinski definition) is 4. The highest BCUT2D eigenvalue weighted by molar-refractivity contribution is 9.10. The standard InChI is InChI=1S/C10H14BrN3O/c11-9-6-10(14-7-13-9)12-4-3-8-2-1-5-15-8/h6-8H,1-5H2,(H,12,13,14). The molecule has 0 aromatic carbocycles. The molecule has 0 radical (unpaired) electrons. The molecule has 5 heteroatoms. The number of rotatable bonds is 4. The van der Waals surface area contributed by atoms with Crippen molar-refractivity contribution in [3.05, 3.63) is 17.0 Å². The Morgan fingerprint density at radius 1 is 1.53 bits per heavy atom. The molecule has 1 aromatic rings. The molecule has 0 bridgehead atoms. The van der Waals surface area contributed by atoms with Crippen molar-refractivity contribution in [2.75, 3.05) is 18.5 Å². The predicted molar refractivity (Wildman–Crippen MR) is 61.8 cm³/mol. The van der Waals surface area contributed by atoms with Gasteiger partial charge in [-0.05, 0) is 35.2 Å². The van der Waals surface area contributed by atoms with Crippen LogP contribution in [0.25, 0.3) is 0 Å². The first-order chi connectivity index (χ1) is 7.34. The maximum atomic E-state index is 5.53. The van der Waals surface area contributed by atoms with Gasteiger partial charge in [-0.1, -0.05) is 0 Å². The molecule has 1 N–H and O–H groups in total. The molecule has 0 spiro atoms. The molecule has 2 rings (SSSR count). The largest absolute Gasteiger partial charge is 0.378 e. The number of aromatic nitrogens is 2. The van der Waals surface area contributed by atoms with Crippen LogP contribution in [0.4, 0.5) is 5.82 Å². The summed E-state index contributed by atoms with van der Waals surface area (Å²) >= 11 is 3.30. The van der Waals surface area contributed by atoms with E-state index in [-0.39, 0.29) is 0 Å². The van der Waals surface area contributed by atoms with Crippen LogP contribution in [0, 0.1) is 0 Å². The number of anilines is 1. The highest BCUT2D eigenvalue weighted by Crippen LogP contribution is 2.15. The fraction of sp³-hybridized carbons (Fsp3) is 0.600. The van der Waals surface area contributed by atoms with Crippen LogP contribution >= 0.6 is 15.9 Å². The average molecular weight is 272 g/mol. The van der Waals surface area contributed by atoms with Crippen molar-refractivity contribution in [2.45, 2.75) is 25.4 Å². The van der Waals surface area contributed by atoms with Gasteiger partial charge < -0.3 is 10.1 Å². The Labute approximate surface area is 97.6 Å². The molecule has 2 heterocycles. The molecule has 0 amide bonds. The van der Waals surface area contributed by atoms with E-state index in [0.717, 1.165) is 30.0 Å². The molecule has 4 nitrogen and oxygen atoms in total. The summed E-state index contributed by atoms with van der Waals surface area (Å²) < 4.78 is 6.34. The van der Waals surface area contributed by atoms with E-state index in [0.29, 0.717) is 6.10 Å². The van der Waals surface area contributed by atoms with E-state index in [1.807, 2.05) is 6.07 Å². The van der Waals surface area contributed by atoms with Gasteiger partial charge in [-0.2, -0.15) is 0 Å². The summed E-state index contributed by atoms with van der Waals surface area (Å²) in [6.45, 7) is 1.82. The Morgan fingerprint density at radius 2 is 2.47 bits per heavy atom. The number of nitrogens with zero attached hydrogens (tertiary/aromatic N) is 2. The molecule has 15 heavy (non-hydrogen) atoms. The fourth-order valence-electron chi connectivity index (χ4n) is 1.66. The van der Waals surface area contributed by atoms with E-state index in [1.165, 1.54) is 12.8 Å². The van der Waals surface area contributed by atoms with Crippen LogP contribution in [-0.2, 0) is 4.74 Å². The van der Waals surface area contributed by atoms with Crippen molar-refractivity contribution >= 4 is 21.7 Å². The van der Waals surface area contributed by atoms with Gasteiger partial charge in [0.25, 0.3) is 0 Å². The fourth-order valence-corrected chi connectivity index (χ4v) is 1.97. The van der Waals surface area contributed by atoms with Gasteiger partial charge in [0.15, 0.2) is 0 Å². The zero-order valence-electron chi connectivity index (χ0n) is 8.45. The quantitative estimate of drug-likeness (QED) is 0.854. The van der Waals surface area contributed by atoms with Gasteiger partial charge in [0, 0.05) is 19.2 Å². The summed E-state index contributed by atoms with van der Waals surface area (Å²) in [7, 11) is 0. The van der Waals surface area contributed by atoms with E-state index >= 15 is 0 Å². The van der Waals surface area contributed by atoms with Gasteiger partial charge in [-0.15, -0.1) is 0 Å². The van der Waals surface area contributed by atoms with Crippen LogP contribution in [0.5, 0.6) is 0 Å². The minimum atomic E-state index is 0.433. The van der Waals surface area contributed by atoms with Crippen LogP contribution in [-0.4, -0.2) is 29.2 Å². The summed E-state index contributed by atoms with van der Waals surface area (Å²) in [6.07, 6.45) is 5.40. The molecule has 0 aliphatic carbocycles. The third kappa shape index (κ3) is 3.43. The van der Waals surface area contributed by atoms with E-state index in [1.54, 1.807) is 6.33 Å². The third-order valence-corrected chi connectivity index (χ3v) is 2.86. The molecule has 1 atom stereocenters. The molecule has 1 aromatic heterocycles. The van der Waals surface area contributed by atoms with Crippen molar-refractivity contribution in [3.8, 4) is 0 Å². The first kappa shape index (κ1) is 10.8. The van der Waals surface area contributed by atoms with Crippen molar-refractivity contribution in [1.82, 2.24) is 9.97 Å². The predicted octanol–water partition coefficient (Wildman–Crippen LogP) is 2.22. The average Bonchev–Trinajstić information content (AvgIpc) is 2.71. The summed E-state index contributed by atoms with van der Waals surface area (Å²) in [6, 6.07) is 1.87. The molecular weight excluding hydrogens is 258 g/mol. The Balaban J connectivity index is 1.73. The lowest BCUT2D eigenvalue weighted by Crippen LogP contribution is -2.13. The van der Waals surface area contributed by atoms with Crippen molar-refractivity contribution < 1.29 is 4.74 Å². The van der Waals surface area contributed by atoms with Gasteiger partial charge in [0.1, 0.15) is 16.7 Å². The molecule has 1 fully saturated rings. The summed E-state index contributed by atoms with van der Waals surface area (Å²) in [5.74, 6) is 0.856. The zero-order chi connectivity index (χ0) is 10.5. The summed E-state index contributed by atoms with van der Waals surface area (Å²) in [4.78, 5) is 8.08. The van der Waals surface area contributed by atoms with Gasteiger partial charge >= 0.3 is 0 Å². The van der Waals surface area contributed by atoms with Crippen LogP contribution in [0.15, 0.2) is 17.0 Å². The molecule has 1 aliphatic heterocycles. The summed E-state index contributed by atoms with van der Waals surface area (Å²) in [5, 5.41) is 3.25. The third-order valence-electron chi connectivity index (χ3n) is 2.43. The molecule has 1 unspecified atom stereocenters. The second-order valence-corrected chi connectivity index (χ2v) is 4.39. The Morgan fingerprint density at radius 3 is 3.20 bits per heavy atom. The normalized spacial score (nSPS) is 20.5. The molecular formula is C10H14BrN3O. The van der Waals surface area contributed by atoms with Crippen molar-refractivity contribution in [3.63, 3.8) is 0 Å². The lowest BCUT2D eigenvalue weighted by atomic mass is 10.2. The number of halogens is 1. The maximum Gasteiger partial charge on any atom is 0.130 e.